The number of para-hydroxylation sites is 1. The zero-order chi connectivity index (χ0) is 14.7. The van der Waals surface area contributed by atoms with Crippen molar-refractivity contribution in [2.24, 2.45) is 0 Å². The van der Waals surface area contributed by atoms with Crippen LogP contribution < -0.4 is 10.6 Å². The lowest BCUT2D eigenvalue weighted by molar-refractivity contribution is 1.06. The Kier molecular flexibility index (Phi) is 3.64. The Morgan fingerprint density at radius 3 is 2.67 bits per heavy atom. The molecule has 5 nitrogen and oxygen atoms in total. The lowest BCUT2D eigenvalue weighted by atomic mass is 10.1. The fraction of sp³-hybridized carbons (Fsp3) is 0.188. The van der Waals surface area contributed by atoms with Crippen LogP contribution in [0.3, 0.4) is 0 Å². The molecule has 0 fully saturated rings. The number of fused-ring (bicyclic) bond motifs is 1. The van der Waals surface area contributed by atoms with E-state index in [-0.39, 0.29) is 0 Å². The molecule has 0 amide bonds. The van der Waals surface area contributed by atoms with E-state index in [1.165, 1.54) is 0 Å². The Bertz CT molecular complexity index is 764. The van der Waals surface area contributed by atoms with Crippen LogP contribution in [0.1, 0.15) is 11.1 Å². The van der Waals surface area contributed by atoms with Gasteiger partial charge in [-0.1, -0.05) is 24.3 Å². The summed E-state index contributed by atoms with van der Waals surface area (Å²) in [6.45, 7) is 2.67. The van der Waals surface area contributed by atoms with Gasteiger partial charge in [-0.15, -0.1) is 0 Å². The van der Waals surface area contributed by atoms with Gasteiger partial charge in [0.25, 0.3) is 0 Å². The van der Waals surface area contributed by atoms with E-state index in [2.05, 4.69) is 43.8 Å². The minimum atomic E-state index is 0.676. The van der Waals surface area contributed by atoms with Crippen molar-refractivity contribution in [1.29, 1.82) is 0 Å². The van der Waals surface area contributed by atoms with E-state index in [1.54, 1.807) is 6.33 Å². The highest BCUT2D eigenvalue weighted by molar-refractivity contribution is 5.81. The summed E-state index contributed by atoms with van der Waals surface area (Å²) < 4.78 is 0. The van der Waals surface area contributed by atoms with Crippen molar-refractivity contribution in [2.75, 3.05) is 17.7 Å². The van der Waals surface area contributed by atoms with E-state index in [4.69, 9.17) is 0 Å². The first kappa shape index (κ1) is 13.3. The minimum absolute atomic E-state index is 0.676. The van der Waals surface area contributed by atoms with Crippen molar-refractivity contribution >= 4 is 22.5 Å². The van der Waals surface area contributed by atoms with Gasteiger partial charge in [0.15, 0.2) is 0 Å². The number of aromatic nitrogens is 3. The van der Waals surface area contributed by atoms with Gasteiger partial charge in [-0.05, 0) is 18.6 Å². The van der Waals surface area contributed by atoms with Crippen LogP contribution in [-0.2, 0) is 6.54 Å². The lowest BCUT2D eigenvalue weighted by Crippen LogP contribution is -2.06. The van der Waals surface area contributed by atoms with E-state index in [0.717, 1.165) is 33.7 Å². The Hall–Kier alpha value is -2.69. The molecule has 0 bridgehead atoms. The monoisotopic (exact) mass is 279 g/mol. The molecule has 5 heteroatoms. The van der Waals surface area contributed by atoms with Gasteiger partial charge in [0.2, 0.25) is 0 Å². The van der Waals surface area contributed by atoms with Gasteiger partial charge in [0, 0.05) is 30.7 Å². The highest BCUT2D eigenvalue weighted by Crippen LogP contribution is 2.20. The van der Waals surface area contributed by atoms with Gasteiger partial charge in [0.1, 0.15) is 18.0 Å². The number of nitrogens with zero attached hydrogens (tertiary/aromatic N) is 3. The van der Waals surface area contributed by atoms with Crippen LogP contribution >= 0.6 is 0 Å². The number of pyridine rings is 1. The molecule has 0 aliphatic rings. The average molecular weight is 279 g/mol. The maximum Gasteiger partial charge on any atom is 0.134 e. The number of hydrogen-bond acceptors (Lipinski definition) is 5. The maximum atomic E-state index is 4.46. The van der Waals surface area contributed by atoms with E-state index < -0.39 is 0 Å². The SMILES string of the molecule is CNc1ncnc(NCc2cccc3cccnc23)c1C. The zero-order valence-corrected chi connectivity index (χ0v) is 12.1. The quantitative estimate of drug-likeness (QED) is 0.768. The van der Waals surface area contributed by atoms with Crippen molar-refractivity contribution in [3.63, 3.8) is 0 Å². The molecule has 0 saturated carbocycles. The van der Waals surface area contributed by atoms with Crippen LogP contribution in [0.2, 0.25) is 0 Å². The van der Waals surface area contributed by atoms with E-state index in [0.29, 0.717) is 6.54 Å². The smallest absolute Gasteiger partial charge is 0.134 e. The molecule has 0 saturated heterocycles. The topological polar surface area (TPSA) is 62.7 Å². The molecule has 0 spiro atoms. The van der Waals surface area contributed by atoms with Crippen LogP contribution in [0.5, 0.6) is 0 Å². The molecule has 21 heavy (non-hydrogen) atoms. The Morgan fingerprint density at radius 2 is 1.81 bits per heavy atom. The summed E-state index contributed by atoms with van der Waals surface area (Å²) in [4.78, 5) is 13.0. The van der Waals surface area contributed by atoms with Crippen LogP contribution in [0.4, 0.5) is 11.6 Å². The molecule has 0 atom stereocenters. The van der Waals surface area contributed by atoms with Crippen molar-refractivity contribution in [2.45, 2.75) is 13.5 Å². The van der Waals surface area contributed by atoms with Gasteiger partial charge in [-0.2, -0.15) is 0 Å². The van der Waals surface area contributed by atoms with Gasteiger partial charge < -0.3 is 10.6 Å². The third kappa shape index (κ3) is 2.63. The molecule has 2 N–H and O–H groups in total. The van der Waals surface area contributed by atoms with Crippen LogP contribution in [0.25, 0.3) is 10.9 Å². The minimum Gasteiger partial charge on any atom is -0.373 e. The van der Waals surface area contributed by atoms with Crippen LogP contribution in [-0.4, -0.2) is 22.0 Å². The van der Waals surface area contributed by atoms with Gasteiger partial charge in [0.05, 0.1) is 5.52 Å². The summed E-state index contributed by atoms with van der Waals surface area (Å²) in [5.74, 6) is 1.67. The molecule has 3 rings (SSSR count). The molecule has 3 aromatic rings. The standard InChI is InChI=1S/C16H17N5/c1-11-15(17-2)20-10-21-16(11)19-9-13-6-3-5-12-7-4-8-18-14(12)13/h3-8,10H,9H2,1-2H3,(H2,17,19,20,21). The highest BCUT2D eigenvalue weighted by Gasteiger charge is 2.06. The predicted molar refractivity (Wildman–Crippen MR) is 85.4 cm³/mol. The van der Waals surface area contributed by atoms with E-state index >= 15 is 0 Å². The number of hydrogen-bond donors (Lipinski definition) is 2. The maximum absolute atomic E-state index is 4.46. The summed E-state index contributed by atoms with van der Waals surface area (Å²) >= 11 is 0. The second-order valence-electron chi connectivity index (χ2n) is 4.79. The highest BCUT2D eigenvalue weighted by atomic mass is 15.1. The molecule has 0 unspecified atom stereocenters. The van der Waals surface area contributed by atoms with Crippen LogP contribution in [0.15, 0.2) is 42.9 Å². The molecular formula is C16H17N5. The first-order chi connectivity index (χ1) is 10.3. The average Bonchev–Trinajstić information content (AvgIpc) is 2.54. The predicted octanol–water partition coefficient (Wildman–Crippen LogP) is 2.99. The summed E-state index contributed by atoms with van der Waals surface area (Å²) in [6, 6.07) is 10.2. The number of benzene rings is 1. The fourth-order valence-corrected chi connectivity index (χ4v) is 2.37. The van der Waals surface area contributed by atoms with E-state index in [9.17, 15) is 0 Å². The number of nitrogens with one attached hydrogen (secondary N) is 2. The molecule has 0 aliphatic heterocycles. The van der Waals surface area contributed by atoms with Crippen molar-refractivity contribution in [1.82, 2.24) is 15.0 Å². The molecule has 106 valence electrons. The number of anilines is 2. The lowest BCUT2D eigenvalue weighted by Gasteiger charge is -2.12. The van der Waals surface area contributed by atoms with Crippen molar-refractivity contribution in [3.05, 3.63) is 54.0 Å². The van der Waals surface area contributed by atoms with Gasteiger partial charge in [-0.3, -0.25) is 4.98 Å². The normalized spacial score (nSPS) is 10.6. The molecule has 2 aromatic heterocycles. The Balaban J connectivity index is 1.87. The van der Waals surface area contributed by atoms with Gasteiger partial charge in [-0.25, -0.2) is 9.97 Å². The molecule has 2 heterocycles. The summed E-state index contributed by atoms with van der Waals surface area (Å²) in [5.41, 5.74) is 3.18. The Morgan fingerprint density at radius 1 is 1.00 bits per heavy atom. The molecular weight excluding hydrogens is 262 g/mol. The second-order valence-corrected chi connectivity index (χ2v) is 4.79. The van der Waals surface area contributed by atoms with Crippen molar-refractivity contribution in [3.8, 4) is 0 Å². The fourth-order valence-electron chi connectivity index (χ4n) is 2.37. The first-order valence-electron chi connectivity index (χ1n) is 6.85. The molecule has 1 aromatic carbocycles. The summed E-state index contributed by atoms with van der Waals surface area (Å²) in [5, 5.41) is 7.57. The summed E-state index contributed by atoms with van der Waals surface area (Å²) in [6.07, 6.45) is 3.38. The van der Waals surface area contributed by atoms with E-state index in [1.807, 2.05) is 32.3 Å². The molecule has 0 aliphatic carbocycles. The largest absolute Gasteiger partial charge is 0.373 e. The Labute approximate surface area is 123 Å². The number of rotatable bonds is 4. The molecule has 0 radical (unpaired) electrons. The summed E-state index contributed by atoms with van der Waals surface area (Å²) in [7, 11) is 1.85. The first-order valence-corrected chi connectivity index (χ1v) is 6.85. The second kappa shape index (κ2) is 5.75. The van der Waals surface area contributed by atoms with Crippen molar-refractivity contribution < 1.29 is 0 Å². The third-order valence-electron chi connectivity index (χ3n) is 3.48. The zero-order valence-electron chi connectivity index (χ0n) is 12.1. The van der Waals surface area contributed by atoms with Gasteiger partial charge >= 0.3 is 0 Å². The third-order valence-corrected chi connectivity index (χ3v) is 3.48. The van der Waals surface area contributed by atoms with Crippen LogP contribution in [0, 0.1) is 6.92 Å².